The Morgan fingerprint density at radius 2 is 1.75 bits per heavy atom. The fourth-order valence-corrected chi connectivity index (χ4v) is 2.09. The van der Waals surface area contributed by atoms with Crippen LogP contribution < -0.4 is 11.1 Å². The molecule has 0 radical (unpaired) electrons. The SMILES string of the molecule is Cc1ccc(CNCc2ccc(C(N)=O)cc2C)cc1. The van der Waals surface area contributed by atoms with Crippen LogP contribution in [-0.2, 0) is 13.1 Å². The Morgan fingerprint density at radius 1 is 1.05 bits per heavy atom. The van der Waals surface area contributed by atoms with E-state index in [0.717, 1.165) is 18.7 Å². The summed E-state index contributed by atoms with van der Waals surface area (Å²) in [5, 5.41) is 3.41. The van der Waals surface area contributed by atoms with Crippen molar-refractivity contribution in [2.75, 3.05) is 0 Å². The first-order valence-corrected chi connectivity index (χ1v) is 6.72. The summed E-state index contributed by atoms with van der Waals surface area (Å²) < 4.78 is 0. The van der Waals surface area contributed by atoms with E-state index in [4.69, 9.17) is 5.73 Å². The predicted molar refractivity (Wildman–Crippen MR) is 81.4 cm³/mol. The fourth-order valence-electron chi connectivity index (χ4n) is 2.09. The van der Waals surface area contributed by atoms with Crippen molar-refractivity contribution in [3.05, 3.63) is 70.3 Å². The van der Waals surface area contributed by atoms with E-state index >= 15 is 0 Å². The van der Waals surface area contributed by atoms with Crippen molar-refractivity contribution in [1.29, 1.82) is 0 Å². The zero-order chi connectivity index (χ0) is 14.5. The molecule has 0 saturated carbocycles. The van der Waals surface area contributed by atoms with Gasteiger partial charge in [0.15, 0.2) is 0 Å². The number of carbonyl (C=O) groups excluding carboxylic acids is 1. The first kappa shape index (κ1) is 14.3. The molecule has 3 nitrogen and oxygen atoms in total. The van der Waals surface area contributed by atoms with Crippen LogP contribution in [0.2, 0.25) is 0 Å². The third-order valence-electron chi connectivity index (χ3n) is 3.39. The summed E-state index contributed by atoms with van der Waals surface area (Å²) in [6, 6.07) is 14.1. The largest absolute Gasteiger partial charge is 0.366 e. The van der Waals surface area contributed by atoms with Crippen LogP contribution in [0.1, 0.15) is 32.6 Å². The molecule has 0 atom stereocenters. The van der Waals surface area contributed by atoms with Gasteiger partial charge in [0.1, 0.15) is 0 Å². The molecule has 2 rings (SSSR count). The number of amides is 1. The summed E-state index contributed by atoms with van der Waals surface area (Å²) >= 11 is 0. The van der Waals surface area contributed by atoms with Crippen molar-refractivity contribution in [2.45, 2.75) is 26.9 Å². The Bertz CT molecular complexity index is 603. The average Bonchev–Trinajstić information content (AvgIpc) is 2.42. The summed E-state index contributed by atoms with van der Waals surface area (Å²) in [7, 11) is 0. The molecule has 0 spiro atoms. The molecule has 0 aromatic heterocycles. The minimum absolute atomic E-state index is 0.382. The monoisotopic (exact) mass is 268 g/mol. The van der Waals surface area contributed by atoms with Gasteiger partial charge in [0, 0.05) is 18.7 Å². The van der Waals surface area contributed by atoms with Gasteiger partial charge in [-0.05, 0) is 42.7 Å². The van der Waals surface area contributed by atoms with Crippen LogP contribution in [0.4, 0.5) is 0 Å². The lowest BCUT2D eigenvalue weighted by Crippen LogP contribution is -2.15. The second kappa shape index (κ2) is 6.35. The highest BCUT2D eigenvalue weighted by Gasteiger charge is 2.04. The van der Waals surface area contributed by atoms with Crippen LogP contribution in [0.3, 0.4) is 0 Å². The van der Waals surface area contributed by atoms with Gasteiger partial charge in [0.25, 0.3) is 0 Å². The van der Waals surface area contributed by atoms with E-state index in [0.29, 0.717) is 5.56 Å². The third-order valence-corrected chi connectivity index (χ3v) is 3.39. The summed E-state index contributed by atoms with van der Waals surface area (Å²) in [5.74, 6) is -0.382. The van der Waals surface area contributed by atoms with Gasteiger partial charge in [-0.15, -0.1) is 0 Å². The number of nitrogens with two attached hydrogens (primary N) is 1. The van der Waals surface area contributed by atoms with Crippen LogP contribution in [0, 0.1) is 13.8 Å². The van der Waals surface area contributed by atoms with Crippen molar-refractivity contribution in [3.63, 3.8) is 0 Å². The Hall–Kier alpha value is -2.13. The van der Waals surface area contributed by atoms with Gasteiger partial charge in [0.2, 0.25) is 5.91 Å². The van der Waals surface area contributed by atoms with Crippen molar-refractivity contribution in [2.24, 2.45) is 5.73 Å². The number of hydrogen-bond donors (Lipinski definition) is 2. The Morgan fingerprint density at radius 3 is 2.35 bits per heavy atom. The zero-order valence-electron chi connectivity index (χ0n) is 11.9. The molecule has 3 heteroatoms. The lowest BCUT2D eigenvalue weighted by molar-refractivity contribution is 0.1000. The Balaban J connectivity index is 1.94. The van der Waals surface area contributed by atoms with Gasteiger partial charge >= 0.3 is 0 Å². The number of aryl methyl sites for hydroxylation is 2. The van der Waals surface area contributed by atoms with Crippen LogP contribution in [0.25, 0.3) is 0 Å². The van der Waals surface area contributed by atoms with Gasteiger partial charge in [-0.3, -0.25) is 4.79 Å². The Labute approximate surface area is 119 Å². The molecule has 0 heterocycles. The van der Waals surface area contributed by atoms with E-state index in [9.17, 15) is 4.79 Å². The molecular formula is C17H20N2O. The normalized spacial score (nSPS) is 10.5. The molecule has 1 amide bonds. The number of nitrogens with one attached hydrogen (secondary N) is 1. The molecule has 0 aliphatic rings. The molecular weight excluding hydrogens is 248 g/mol. The van der Waals surface area contributed by atoms with Gasteiger partial charge in [-0.25, -0.2) is 0 Å². The smallest absolute Gasteiger partial charge is 0.248 e. The lowest BCUT2D eigenvalue weighted by atomic mass is 10.0. The standard InChI is InChI=1S/C17H20N2O/c1-12-3-5-14(6-4-12)10-19-11-16-8-7-15(17(18)20)9-13(16)2/h3-9,19H,10-11H2,1-2H3,(H2,18,20). The number of hydrogen-bond acceptors (Lipinski definition) is 2. The van der Waals surface area contributed by atoms with Gasteiger partial charge in [0.05, 0.1) is 0 Å². The van der Waals surface area contributed by atoms with Crippen LogP contribution in [0.15, 0.2) is 42.5 Å². The first-order valence-electron chi connectivity index (χ1n) is 6.72. The van der Waals surface area contributed by atoms with Crippen molar-refractivity contribution in [1.82, 2.24) is 5.32 Å². The Kier molecular flexibility index (Phi) is 4.53. The molecule has 0 bridgehead atoms. The molecule has 0 aliphatic heterocycles. The number of carbonyl (C=O) groups is 1. The third kappa shape index (κ3) is 3.68. The predicted octanol–water partition coefficient (Wildman–Crippen LogP) is 2.69. The second-order valence-electron chi connectivity index (χ2n) is 5.09. The number of rotatable bonds is 5. The van der Waals surface area contributed by atoms with Crippen LogP contribution >= 0.6 is 0 Å². The van der Waals surface area contributed by atoms with E-state index in [1.165, 1.54) is 16.7 Å². The zero-order valence-corrected chi connectivity index (χ0v) is 11.9. The summed E-state index contributed by atoms with van der Waals surface area (Å²) in [4.78, 5) is 11.1. The maximum absolute atomic E-state index is 11.1. The fraction of sp³-hybridized carbons (Fsp3) is 0.235. The molecule has 0 aliphatic carbocycles. The highest BCUT2D eigenvalue weighted by molar-refractivity contribution is 5.93. The second-order valence-corrected chi connectivity index (χ2v) is 5.09. The topological polar surface area (TPSA) is 55.1 Å². The van der Waals surface area contributed by atoms with E-state index in [1.54, 1.807) is 6.07 Å². The van der Waals surface area contributed by atoms with E-state index < -0.39 is 0 Å². The molecule has 0 unspecified atom stereocenters. The summed E-state index contributed by atoms with van der Waals surface area (Å²) in [5.41, 5.74) is 10.6. The average molecular weight is 268 g/mol. The van der Waals surface area contributed by atoms with Gasteiger partial charge in [-0.1, -0.05) is 35.9 Å². The van der Waals surface area contributed by atoms with E-state index in [-0.39, 0.29) is 5.91 Å². The van der Waals surface area contributed by atoms with Gasteiger partial charge in [-0.2, -0.15) is 0 Å². The number of primary amides is 1. The minimum atomic E-state index is -0.382. The van der Waals surface area contributed by atoms with Crippen molar-refractivity contribution < 1.29 is 4.79 Å². The quantitative estimate of drug-likeness (QED) is 0.876. The van der Waals surface area contributed by atoms with Crippen LogP contribution in [-0.4, -0.2) is 5.91 Å². The molecule has 0 fully saturated rings. The van der Waals surface area contributed by atoms with Crippen molar-refractivity contribution >= 4 is 5.91 Å². The molecule has 104 valence electrons. The summed E-state index contributed by atoms with van der Waals surface area (Å²) in [6.45, 7) is 5.69. The van der Waals surface area contributed by atoms with Gasteiger partial charge < -0.3 is 11.1 Å². The lowest BCUT2D eigenvalue weighted by Gasteiger charge is -2.09. The molecule has 2 aromatic carbocycles. The molecule has 3 N–H and O–H groups in total. The number of benzene rings is 2. The van der Waals surface area contributed by atoms with E-state index in [2.05, 4.69) is 36.5 Å². The highest BCUT2D eigenvalue weighted by atomic mass is 16.1. The van der Waals surface area contributed by atoms with E-state index in [1.807, 2.05) is 19.1 Å². The molecule has 2 aromatic rings. The maximum atomic E-state index is 11.1. The first-order chi connectivity index (χ1) is 9.56. The van der Waals surface area contributed by atoms with Crippen molar-refractivity contribution in [3.8, 4) is 0 Å². The van der Waals surface area contributed by atoms with Crippen LogP contribution in [0.5, 0.6) is 0 Å². The minimum Gasteiger partial charge on any atom is -0.366 e. The maximum Gasteiger partial charge on any atom is 0.248 e. The summed E-state index contributed by atoms with van der Waals surface area (Å²) in [6.07, 6.45) is 0. The highest BCUT2D eigenvalue weighted by Crippen LogP contribution is 2.11. The molecule has 20 heavy (non-hydrogen) atoms. The molecule has 0 saturated heterocycles.